The van der Waals surface area contributed by atoms with E-state index >= 15 is 0 Å². The molecule has 0 radical (unpaired) electrons. The highest BCUT2D eigenvalue weighted by atomic mass is 16.9. The normalized spacial score (nSPS) is 10.6. The summed E-state index contributed by atoms with van der Waals surface area (Å²) in [5, 5.41) is 18.0. The van der Waals surface area contributed by atoms with Gasteiger partial charge in [0.05, 0.1) is 33.0 Å². The predicted molar refractivity (Wildman–Crippen MR) is 43.0 cm³/mol. The Morgan fingerprint density at radius 3 is 2.00 bits per heavy atom. The SMILES string of the molecule is C=CCN(OCCO)OCCO. The third kappa shape index (κ3) is 6.26. The van der Waals surface area contributed by atoms with Crippen LogP contribution in [0.25, 0.3) is 0 Å². The van der Waals surface area contributed by atoms with Crippen LogP contribution in [0.5, 0.6) is 0 Å². The molecule has 0 aliphatic rings. The van der Waals surface area contributed by atoms with Crippen molar-refractivity contribution in [3.8, 4) is 0 Å². The minimum atomic E-state index is -0.0733. The van der Waals surface area contributed by atoms with Crippen molar-refractivity contribution < 1.29 is 19.9 Å². The molecule has 2 N–H and O–H groups in total. The highest BCUT2D eigenvalue weighted by Crippen LogP contribution is 1.91. The third-order valence-electron chi connectivity index (χ3n) is 0.931. The largest absolute Gasteiger partial charge is 0.394 e. The van der Waals surface area contributed by atoms with E-state index in [-0.39, 0.29) is 26.4 Å². The minimum Gasteiger partial charge on any atom is -0.394 e. The monoisotopic (exact) mass is 177 g/mol. The summed E-state index contributed by atoms with van der Waals surface area (Å²) >= 11 is 0. The Bertz CT molecular complexity index is 102. The number of nitrogens with zero attached hydrogens (tertiary/aromatic N) is 1. The Kier molecular flexibility index (Phi) is 8.30. The van der Waals surface area contributed by atoms with E-state index in [1.165, 1.54) is 5.23 Å². The average molecular weight is 177 g/mol. The first-order valence-electron chi connectivity index (χ1n) is 3.71. The summed E-state index contributed by atoms with van der Waals surface area (Å²) in [5.74, 6) is 0. The number of hydroxylamine groups is 2. The molecule has 0 atom stereocenters. The van der Waals surface area contributed by atoms with Crippen molar-refractivity contribution in [1.29, 1.82) is 0 Å². The summed E-state index contributed by atoms with van der Waals surface area (Å²) in [6, 6.07) is 0. The van der Waals surface area contributed by atoms with Gasteiger partial charge in [0.25, 0.3) is 0 Å². The van der Waals surface area contributed by atoms with Crippen LogP contribution in [0.4, 0.5) is 0 Å². The molecule has 0 bridgehead atoms. The molecular weight excluding hydrogens is 162 g/mol. The molecule has 0 heterocycles. The number of aliphatic hydroxyl groups is 2. The predicted octanol–water partition coefficient (Wildman–Crippen LogP) is -0.678. The zero-order valence-corrected chi connectivity index (χ0v) is 6.98. The van der Waals surface area contributed by atoms with Gasteiger partial charge in [-0.3, -0.25) is 9.68 Å². The van der Waals surface area contributed by atoms with Gasteiger partial charge in [-0.05, 0) is 0 Å². The lowest BCUT2D eigenvalue weighted by Gasteiger charge is -2.18. The van der Waals surface area contributed by atoms with Crippen LogP contribution in [0.3, 0.4) is 0 Å². The molecule has 0 amide bonds. The first kappa shape index (κ1) is 11.5. The van der Waals surface area contributed by atoms with E-state index in [4.69, 9.17) is 19.9 Å². The molecule has 0 aliphatic carbocycles. The molecule has 0 aromatic carbocycles. The Labute approximate surface area is 71.7 Å². The molecule has 5 heteroatoms. The zero-order valence-electron chi connectivity index (χ0n) is 6.98. The highest BCUT2D eigenvalue weighted by molar-refractivity contribution is 4.66. The van der Waals surface area contributed by atoms with Crippen LogP contribution in [0.1, 0.15) is 0 Å². The summed E-state index contributed by atoms with van der Waals surface area (Å²) < 4.78 is 0. The van der Waals surface area contributed by atoms with Crippen molar-refractivity contribution in [2.75, 3.05) is 33.0 Å². The van der Waals surface area contributed by atoms with Crippen molar-refractivity contribution in [3.05, 3.63) is 12.7 Å². The van der Waals surface area contributed by atoms with E-state index in [2.05, 4.69) is 6.58 Å². The first-order chi connectivity index (χ1) is 5.85. The standard InChI is InChI=1S/C7H15NO4/c1-2-3-8(11-6-4-9)12-7-5-10/h2,9-10H,1,3-7H2. The van der Waals surface area contributed by atoms with Crippen LogP contribution in [-0.4, -0.2) is 48.4 Å². The molecular formula is C7H15NO4. The molecule has 0 rings (SSSR count). The molecule has 0 aliphatic heterocycles. The average Bonchev–Trinajstić information content (AvgIpc) is 2.10. The second-order valence-corrected chi connectivity index (χ2v) is 1.92. The van der Waals surface area contributed by atoms with E-state index in [1.807, 2.05) is 0 Å². The van der Waals surface area contributed by atoms with Gasteiger partial charge < -0.3 is 10.2 Å². The number of hydrogen-bond donors (Lipinski definition) is 2. The van der Waals surface area contributed by atoms with Crippen LogP contribution in [0, 0.1) is 0 Å². The van der Waals surface area contributed by atoms with Gasteiger partial charge in [0, 0.05) is 0 Å². The minimum absolute atomic E-state index is 0.0733. The van der Waals surface area contributed by atoms with E-state index < -0.39 is 0 Å². The van der Waals surface area contributed by atoms with Gasteiger partial charge in [-0.25, -0.2) is 0 Å². The van der Waals surface area contributed by atoms with E-state index in [0.717, 1.165) is 0 Å². The summed E-state index contributed by atoms with van der Waals surface area (Å²) in [7, 11) is 0. The van der Waals surface area contributed by atoms with Gasteiger partial charge in [0.1, 0.15) is 0 Å². The van der Waals surface area contributed by atoms with Gasteiger partial charge in [0.15, 0.2) is 0 Å². The van der Waals surface area contributed by atoms with E-state index in [1.54, 1.807) is 6.08 Å². The van der Waals surface area contributed by atoms with Crippen molar-refractivity contribution >= 4 is 0 Å². The molecule has 5 nitrogen and oxygen atoms in total. The van der Waals surface area contributed by atoms with Crippen LogP contribution in [0.15, 0.2) is 12.7 Å². The van der Waals surface area contributed by atoms with Gasteiger partial charge in [-0.1, -0.05) is 11.3 Å². The molecule has 12 heavy (non-hydrogen) atoms. The van der Waals surface area contributed by atoms with Crippen LogP contribution in [0.2, 0.25) is 0 Å². The van der Waals surface area contributed by atoms with Crippen molar-refractivity contribution in [2.45, 2.75) is 0 Å². The molecule has 72 valence electrons. The number of aliphatic hydroxyl groups excluding tert-OH is 2. The second kappa shape index (κ2) is 8.63. The second-order valence-electron chi connectivity index (χ2n) is 1.92. The fraction of sp³-hybridized carbons (Fsp3) is 0.714. The highest BCUT2D eigenvalue weighted by Gasteiger charge is 2.01. The topological polar surface area (TPSA) is 62.2 Å². The maximum atomic E-state index is 8.43. The van der Waals surface area contributed by atoms with Crippen LogP contribution in [-0.2, 0) is 9.68 Å². The van der Waals surface area contributed by atoms with Crippen LogP contribution < -0.4 is 0 Å². The smallest absolute Gasteiger partial charge is 0.0942 e. The fourth-order valence-corrected chi connectivity index (χ4v) is 0.533. The van der Waals surface area contributed by atoms with Crippen molar-refractivity contribution in [3.63, 3.8) is 0 Å². The molecule has 0 fully saturated rings. The number of hydrogen-bond acceptors (Lipinski definition) is 5. The number of rotatable bonds is 8. The summed E-state index contributed by atoms with van der Waals surface area (Å²) in [4.78, 5) is 9.82. The molecule has 0 aromatic heterocycles. The Morgan fingerprint density at radius 1 is 1.17 bits per heavy atom. The molecule has 0 saturated carbocycles. The Balaban J connectivity index is 3.46. The summed E-state index contributed by atoms with van der Waals surface area (Å²) in [6.07, 6.45) is 1.59. The summed E-state index contributed by atoms with van der Waals surface area (Å²) in [6.45, 7) is 4.06. The van der Waals surface area contributed by atoms with Crippen LogP contribution >= 0.6 is 0 Å². The quantitative estimate of drug-likeness (QED) is 0.380. The van der Waals surface area contributed by atoms with Gasteiger partial charge in [0.2, 0.25) is 0 Å². The first-order valence-corrected chi connectivity index (χ1v) is 3.71. The fourth-order valence-electron chi connectivity index (χ4n) is 0.533. The lowest BCUT2D eigenvalue weighted by atomic mass is 10.6. The lowest BCUT2D eigenvalue weighted by molar-refractivity contribution is -0.365. The van der Waals surface area contributed by atoms with Crippen molar-refractivity contribution in [1.82, 2.24) is 5.23 Å². The molecule has 0 aromatic rings. The lowest BCUT2D eigenvalue weighted by Crippen LogP contribution is -2.27. The Hall–Kier alpha value is -0.460. The van der Waals surface area contributed by atoms with Crippen molar-refractivity contribution in [2.24, 2.45) is 0 Å². The summed E-state index contributed by atoms with van der Waals surface area (Å²) in [5.41, 5.74) is 0. The molecule has 0 spiro atoms. The maximum Gasteiger partial charge on any atom is 0.0942 e. The van der Waals surface area contributed by atoms with E-state index in [9.17, 15) is 0 Å². The third-order valence-corrected chi connectivity index (χ3v) is 0.931. The van der Waals surface area contributed by atoms with Gasteiger partial charge in [-0.15, -0.1) is 6.58 Å². The maximum absolute atomic E-state index is 8.43. The van der Waals surface area contributed by atoms with E-state index in [0.29, 0.717) is 6.54 Å². The molecule has 0 saturated heterocycles. The molecule has 0 unspecified atom stereocenters. The zero-order chi connectivity index (χ0) is 9.23. The van der Waals surface area contributed by atoms with Gasteiger partial charge in [-0.2, -0.15) is 0 Å². The Morgan fingerprint density at radius 2 is 1.67 bits per heavy atom. The van der Waals surface area contributed by atoms with Gasteiger partial charge >= 0.3 is 0 Å².